The van der Waals surface area contributed by atoms with E-state index in [0.29, 0.717) is 44.2 Å². The van der Waals surface area contributed by atoms with Gasteiger partial charge in [0.25, 0.3) is 0 Å². The number of pyridine rings is 1. The Morgan fingerprint density at radius 1 is 1.07 bits per heavy atom. The normalized spacial score (nSPS) is 23.6. The molecule has 1 aliphatic carbocycles. The highest BCUT2D eigenvalue weighted by Crippen LogP contribution is 2.38. The van der Waals surface area contributed by atoms with Crippen molar-refractivity contribution in [1.29, 1.82) is 0 Å². The molecular weight excluding hydrogens is 528 g/mol. The smallest absolute Gasteiger partial charge is 0.139 e. The van der Waals surface area contributed by atoms with Gasteiger partial charge in [-0.2, -0.15) is 5.10 Å². The van der Waals surface area contributed by atoms with E-state index < -0.39 is 11.6 Å². The van der Waals surface area contributed by atoms with Gasteiger partial charge in [-0.3, -0.25) is 4.98 Å². The van der Waals surface area contributed by atoms with Gasteiger partial charge >= 0.3 is 0 Å². The number of aromatic nitrogens is 4. The molecule has 0 bridgehead atoms. The summed E-state index contributed by atoms with van der Waals surface area (Å²) in [5, 5.41) is 4.62. The van der Waals surface area contributed by atoms with E-state index in [9.17, 15) is 0 Å². The van der Waals surface area contributed by atoms with Crippen molar-refractivity contribution in [3.05, 3.63) is 77.5 Å². The number of halogens is 2. The molecular formula is C31H35F2N5O3. The van der Waals surface area contributed by atoms with Crippen LogP contribution < -0.4 is 10.5 Å². The van der Waals surface area contributed by atoms with Crippen LogP contribution >= 0.6 is 0 Å². The van der Waals surface area contributed by atoms with E-state index in [0.717, 1.165) is 23.9 Å². The van der Waals surface area contributed by atoms with Gasteiger partial charge in [-0.25, -0.2) is 18.3 Å². The average molecular weight is 564 g/mol. The third kappa shape index (κ3) is 5.68. The van der Waals surface area contributed by atoms with Crippen LogP contribution in [0.25, 0.3) is 16.8 Å². The number of fused-ring (bicyclic) bond motifs is 1. The summed E-state index contributed by atoms with van der Waals surface area (Å²) in [4.78, 5) is 8.98. The molecule has 2 N–H and O–H groups in total. The summed E-state index contributed by atoms with van der Waals surface area (Å²) < 4.78 is 49.0. The maximum atomic E-state index is 15.3. The van der Waals surface area contributed by atoms with Crippen molar-refractivity contribution in [2.45, 2.75) is 63.2 Å². The Balaban J connectivity index is 1.28. The number of imidazole rings is 1. The van der Waals surface area contributed by atoms with Crippen LogP contribution in [-0.2, 0) is 15.9 Å². The maximum Gasteiger partial charge on any atom is 0.139 e. The first kappa shape index (κ1) is 27.7. The average Bonchev–Trinajstić information content (AvgIpc) is 3.35. The van der Waals surface area contributed by atoms with E-state index in [1.54, 1.807) is 36.2 Å². The molecule has 2 fully saturated rings. The van der Waals surface area contributed by atoms with E-state index in [1.165, 1.54) is 17.7 Å². The summed E-state index contributed by atoms with van der Waals surface area (Å²) in [7, 11) is 1.72. The van der Waals surface area contributed by atoms with E-state index in [-0.39, 0.29) is 41.2 Å². The van der Waals surface area contributed by atoms with Gasteiger partial charge in [-0.05, 0) is 54.0 Å². The van der Waals surface area contributed by atoms with Gasteiger partial charge in [0.15, 0.2) is 0 Å². The maximum absolute atomic E-state index is 15.3. The molecule has 1 saturated heterocycles. The molecule has 1 aliphatic heterocycles. The Bertz CT molecular complexity index is 1490. The molecule has 0 spiro atoms. The summed E-state index contributed by atoms with van der Waals surface area (Å²) >= 11 is 0. The molecule has 3 aromatic heterocycles. The van der Waals surface area contributed by atoms with Crippen LogP contribution in [0.1, 0.15) is 55.5 Å². The molecule has 1 aromatic carbocycles. The van der Waals surface area contributed by atoms with E-state index in [2.05, 4.69) is 28.1 Å². The van der Waals surface area contributed by atoms with Crippen LogP contribution in [0.15, 0.2) is 48.9 Å². The minimum atomic E-state index is -0.729. The third-order valence-corrected chi connectivity index (χ3v) is 8.40. The molecule has 10 heteroatoms. The van der Waals surface area contributed by atoms with Crippen LogP contribution in [-0.4, -0.2) is 58.2 Å². The van der Waals surface area contributed by atoms with E-state index >= 15 is 8.78 Å². The fourth-order valence-corrected chi connectivity index (χ4v) is 6.42. The quantitative estimate of drug-likeness (QED) is 0.335. The molecule has 8 nitrogen and oxygen atoms in total. The fourth-order valence-electron chi connectivity index (χ4n) is 6.42. The first-order valence-electron chi connectivity index (χ1n) is 14.2. The molecule has 4 aromatic rings. The number of hydrogen-bond donors (Lipinski definition) is 1. The number of ether oxygens (including phenoxy) is 3. The lowest BCUT2D eigenvalue weighted by Gasteiger charge is -2.38. The summed E-state index contributed by atoms with van der Waals surface area (Å²) in [6.07, 6.45) is 8.90. The molecule has 0 radical (unpaired) electrons. The highest BCUT2D eigenvalue weighted by atomic mass is 19.1. The highest BCUT2D eigenvalue weighted by molar-refractivity contribution is 5.64. The van der Waals surface area contributed by atoms with Crippen molar-refractivity contribution in [3.63, 3.8) is 0 Å². The first-order chi connectivity index (χ1) is 19.9. The molecule has 0 unspecified atom stereocenters. The van der Waals surface area contributed by atoms with Crippen LogP contribution in [0.3, 0.4) is 0 Å². The van der Waals surface area contributed by atoms with Crippen LogP contribution in [0.4, 0.5) is 8.78 Å². The van der Waals surface area contributed by atoms with Crippen molar-refractivity contribution < 1.29 is 23.0 Å². The van der Waals surface area contributed by atoms with Crippen LogP contribution in [0.2, 0.25) is 0 Å². The van der Waals surface area contributed by atoms with Crippen molar-refractivity contribution in [3.8, 4) is 17.0 Å². The molecule has 6 rings (SSSR count). The van der Waals surface area contributed by atoms with Gasteiger partial charge in [0, 0.05) is 56.9 Å². The van der Waals surface area contributed by atoms with Crippen LogP contribution in [0, 0.1) is 17.6 Å². The largest absolute Gasteiger partial charge is 0.490 e. The Morgan fingerprint density at radius 3 is 2.59 bits per heavy atom. The predicted molar refractivity (Wildman–Crippen MR) is 150 cm³/mol. The minimum Gasteiger partial charge on any atom is -0.490 e. The molecule has 1 saturated carbocycles. The Labute approximate surface area is 237 Å². The molecule has 0 amide bonds. The van der Waals surface area contributed by atoms with Crippen molar-refractivity contribution >= 4 is 5.52 Å². The second-order valence-corrected chi connectivity index (χ2v) is 11.2. The minimum absolute atomic E-state index is 0.0404. The van der Waals surface area contributed by atoms with Gasteiger partial charge < -0.3 is 19.9 Å². The van der Waals surface area contributed by atoms with Crippen molar-refractivity contribution in [2.24, 2.45) is 11.7 Å². The molecule has 2 aliphatic rings. The second kappa shape index (κ2) is 11.8. The highest BCUT2D eigenvalue weighted by Gasteiger charge is 2.35. The summed E-state index contributed by atoms with van der Waals surface area (Å²) in [5.74, 6) is -0.0507. The zero-order chi connectivity index (χ0) is 28.5. The topological polar surface area (TPSA) is 96.8 Å². The van der Waals surface area contributed by atoms with Crippen molar-refractivity contribution in [1.82, 2.24) is 19.6 Å². The van der Waals surface area contributed by atoms with E-state index in [4.69, 9.17) is 19.9 Å². The van der Waals surface area contributed by atoms with Gasteiger partial charge in [0.05, 0.1) is 42.3 Å². The SMILES string of the molecule is CO[C@H]1[C@H](N)C[C@H](c2ccncc2Cc2ncc3ccc(-c4c(F)cc(OC5CCOCC5)cc4F)nn23)C[C@@H]1C. The summed E-state index contributed by atoms with van der Waals surface area (Å²) in [6, 6.07) is 7.82. The zero-order valence-corrected chi connectivity index (χ0v) is 23.3. The van der Waals surface area contributed by atoms with E-state index in [1.807, 2.05) is 6.20 Å². The lowest BCUT2D eigenvalue weighted by atomic mass is 9.74. The Kier molecular flexibility index (Phi) is 7.96. The molecule has 4 heterocycles. The van der Waals surface area contributed by atoms with Crippen molar-refractivity contribution in [2.75, 3.05) is 20.3 Å². The standard InChI is InChI=1S/C31H35F2N5O3/c1-18-11-19(12-27(34)31(18)39-2)24-5-8-35-16-20(24)13-29-36-17-21-3-4-28(37-38(21)29)30-25(32)14-23(15-26(30)33)41-22-6-9-40-10-7-22/h3-5,8,14-19,22,27,31H,6-7,9-13,34H2,1-2H3/t18-,19+,27+,31+/m0/s1. The number of hydrogen-bond acceptors (Lipinski definition) is 7. The van der Waals surface area contributed by atoms with Gasteiger partial charge in [0.2, 0.25) is 0 Å². The zero-order valence-electron chi connectivity index (χ0n) is 23.3. The first-order valence-corrected chi connectivity index (χ1v) is 14.2. The summed E-state index contributed by atoms with van der Waals surface area (Å²) in [5.41, 5.74) is 9.39. The molecule has 4 atom stereocenters. The monoisotopic (exact) mass is 563 g/mol. The number of rotatable bonds is 7. The third-order valence-electron chi connectivity index (χ3n) is 8.40. The fraction of sp³-hybridized carbons (Fsp3) is 0.452. The number of nitrogens with zero attached hydrogens (tertiary/aromatic N) is 4. The van der Waals surface area contributed by atoms with Crippen LogP contribution in [0.5, 0.6) is 5.75 Å². The molecule has 41 heavy (non-hydrogen) atoms. The van der Waals surface area contributed by atoms with Gasteiger partial charge in [0.1, 0.15) is 29.3 Å². The molecule has 216 valence electrons. The lowest BCUT2D eigenvalue weighted by Crippen LogP contribution is -2.45. The van der Waals surface area contributed by atoms with Gasteiger partial charge in [-0.15, -0.1) is 0 Å². The lowest BCUT2D eigenvalue weighted by molar-refractivity contribution is 0.00970. The number of nitrogens with two attached hydrogens (primary N) is 1. The Hall–Kier alpha value is -3.47. The number of benzene rings is 1. The summed E-state index contributed by atoms with van der Waals surface area (Å²) in [6.45, 7) is 3.33. The Morgan fingerprint density at radius 2 is 1.85 bits per heavy atom. The predicted octanol–water partition coefficient (Wildman–Crippen LogP) is 5.07. The second-order valence-electron chi connectivity index (χ2n) is 11.2. The number of methoxy groups -OCH3 is 1. The van der Waals surface area contributed by atoms with Gasteiger partial charge in [-0.1, -0.05) is 6.92 Å².